The zero-order valence-electron chi connectivity index (χ0n) is 11.5. The van der Waals surface area contributed by atoms with Gasteiger partial charge in [-0.25, -0.2) is 5.48 Å². The van der Waals surface area contributed by atoms with Crippen LogP contribution in [-0.4, -0.2) is 5.91 Å². The third-order valence-corrected chi connectivity index (χ3v) is 3.60. The Kier molecular flexibility index (Phi) is 5.51. The predicted molar refractivity (Wildman–Crippen MR) is 80.2 cm³/mol. The van der Waals surface area contributed by atoms with Crippen molar-refractivity contribution in [3.63, 3.8) is 0 Å². The second-order valence-corrected chi connectivity index (χ2v) is 5.31. The van der Waals surface area contributed by atoms with Crippen molar-refractivity contribution in [1.82, 2.24) is 5.48 Å². The minimum atomic E-state index is -4.53. The van der Waals surface area contributed by atoms with E-state index in [1.807, 2.05) is 0 Å². The standard InChI is InChI=1S/C15H10Cl2F3NO2/c16-12-5-2-6-13(17)11(12)8-23-21-14(22)9-3-1-4-10(7-9)15(18,19)20/h1-7H,8H2,(H,21,22). The molecule has 0 saturated carbocycles. The van der Waals surface area contributed by atoms with E-state index >= 15 is 0 Å². The van der Waals surface area contributed by atoms with Gasteiger partial charge in [-0.1, -0.05) is 35.3 Å². The molecule has 1 amide bonds. The third kappa shape index (κ3) is 4.60. The van der Waals surface area contributed by atoms with Crippen LogP contribution in [0.15, 0.2) is 42.5 Å². The number of nitrogens with one attached hydrogen (secondary N) is 1. The minimum Gasteiger partial charge on any atom is -0.268 e. The molecule has 122 valence electrons. The molecule has 0 saturated heterocycles. The van der Waals surface area contributed by atoms with Crippen LogP contribution in [0.5, 0.6) is 0 Å². The molecular formula is C15H10Cl2F3NO2. The van der Waals surface area contributed by atoms with Crippen LogP contribution in [0.4, 0.5) is 13.2 Å². The smallest absolute Gasteiger partial charge is 0.268 e. The molecule has 0 fully saturated rings. The quantitative estimate of drug-likeness (QED) is 0.786. The maximum atomic E-state index is 12.6. The molecule has 2 aromatic rings. The number of amides is 1. The molecule has 23 heavy (non-hydrogen) atoms. The summed E-state index contributed by atoms with van der Waals surface area (Å²) >= 11 is 11.9. The highest BCUT2D eigenvalue weighted by Crippen LogP contribution is 2.29. The highest BCUT2D eigenvalue weighted by Gasteiger charge is 2.30. The second kappa shape index (κ2) is 7.21. The first-order valence-corrected chi connectivity index (χ1v) is 7.07. The number of rotatable bonds is 4. The monoisotopic (exact) mass is 363 g/mol. The van der Waals surface area contributed by atoms with Crippen molar-refractivity contribution in [3.8, 4) is 0 Å². The van der Waals surface area contributed by atoms with Crippen LogP contribution in [0.1, 0.15) is 21.5 Å². The maximum absolute atomic E-state index is 12.6. The molecule has 0 bridgehead atoms. The van der Waals surface area contributed by atoms with Gasteiger partial charge in [0, 0.05) is 21.2 Å². The van der Waals surface area contributed by atoms with Crippen molar-refractivity contribution < 1.29 is 22.8 Å². The fourth-order valence-corrected chi connectivity index (χ4v) is 2.25. The Bertz CT molecular complexity index is 700. The molecule has 0 atom stereocenters. The summed E-state index contributed by atoms with van der Waals surface area (Å²) < 4.78 is 37.8. The van der Waals surface area contributed by atoms with Gasteiger partial charge in [-0.15, -0.1) is 0 Å². The Hall–Kier alpha value is -1.76. The van der Waals surface area contributed by atoms with Gasteiger partial charge >= 0.3 is 6.18 Å². The SMILES string of the molecule is O=C(NOCc1c(Cl)cccc1Cl)c1cccc(C(F)(F)F)c1. The van der Waals surface area contributed by atoms with Gasteiger partial charge in [-0.3, -0.25) is 9.63 Å². The zero-order chi connectivity index (χ0) is 17.0. The molecule has 2 rings (SSSR count). The Morgan fingerprint density at radius 1 is 1.09 bits per heavy atom. The average molecular weight is 364 g/mol. The van der Waals surface area contributed by atoms with E-state index < -0.39 is 17.6 Å². The first kappa shape index (κ1) is 17.6. The van der Waals surface area contributed by atoms with E-state index in [0.29, 0.717) is 15.6 Å². The van der Waals surface area contributed by atoms with Gasteiger partial charge in [0.1, 0.15) is 6.61 Å². The topological polar surface area (TPSA) is 38.3 Å². The Balaban J connectivity index is 2.01. The van der Waals surface area contributed by atoms with Crippen molar-refractivity contribution in [2.45, 2.75) is 12.8 Å². The maximum Gasteiger partial charge on any atom is 0.416 e. The van der Waals surface area contributed by atoms with Crippen molar-refractivity contribution in [2.24, 2.45) is 0 Å². The van der Waals surface area contributed by atoms with Gasteiger partial charge in [0.2, 0.25) is 0 Å². The molecule has 8 heteroatoms. The van der Waals surface area contributed by atoms with Crippen molar-refractivity contribution >= 4 is 29.1 Å². The lowest BCUT2D eigenvalue weighted by Crippen LogP contribution is -2.24. The Labute approximate surface area is 139 Å². The van der Waals surface area contributed by atoms with Crippen LogP contribution in [0, 0.1) is 0 Å². The molecule has 0 heterocycles. The Morgan fingerprint density at radius 3 is 2.30 bits per heavy atom. The number of halogens is 5. The lowest BCUT2D eigenvalue weighted by atomic mass is 10.1. The summed E-state index contributed by atoms with van der Waals surface area (Å²) in [5, 5.41) is 0.705. The molecule has 0 aliphatic carbocycles. The van der Waals surface area contributed by atoms with Crippen LogP contribution >= 0.6 is 23.2 Å². The first-order valence-electron chi connectivity index (χ1n) is 6.31. The number of hydroxylamine groups is 1. The molecule has 3 nitrogen and oxygen atoms in total. The molecular weight excluding hydrogens is 354 g/mol. The number of benzene rings is 2. The summed E-state index contributed by atoms with van der Waals surface area (Å²) in [5.74, 6) is -0.806. The molecule has 0 radical (unpaired) electrons. The number of hydrogen-bond donors (Lipinski definition) is 1. The summed E-state index contributed by atoms with van der Waals surface area (Å²) in [6, 6.07) is 8.85. The first-order chi connectivity index (χ1) is 10.8. The lowest BCUT2D eigenvalue weighted by Gasteiger charge is -2.10. The highest BCUT2D eigenvalue weighted by atomic mass is 35.5. The molecule has 1 N–H and O–H groups in total. The minimum absolute atomic E-state index is 0.122. The summed E-state index contributed by atoms with van der Waals surface area (Å²) in [4.78, 5) is 16.8. The summed E-state index contributed by atoms with van der Waals surface area (Å²) in [5.41, 5.74) is 1.42. The van der Waals surface area contributed by atoms with E-state index in [1.54, 1.807) is 18.2 Å². The molecule has 0 spiro atoms. The van der Waals surface area contributed by atoms with Crippen molar-refractivity contribution in [3.05, 3.63) is 69.2 Å². The predicted octanol–water partition coefficient (Wildman–Crippen LogP) is 4.87. The Morgan fingerprint density at radius 2 is 1.70 bits per heavy atom. The largest absolute Gasteiger partial charge is 0.416 e. The van der Waals surface area contributed by atoms with E-state index in [-0.39, 0.29) is 12.2 Å². The summed E-state index contributed by atoms with van der Waals surface area (Å²) in [6.45, 7) is -0.122. The summed E-state index contributed by atoms with van der Waals surface area (Å²) in [6.07, 6.45) is -4.53. The van der Waals surface area contributed by atoms with Crippen molar-refractivity contribution in [2.75, 3.05) is 0 Å². The zero-order valence-corrected chi connectivity index (χ0v) is 13.0. The molecule has 2 aromatic carbocycles. The number of carbonyl (C=O) groups is 1. The van der Waals surface area contributed by atoms with Crippen LogP contribution in [0.3, 0.4) is 0 Å². The fourth-order valence-electron chi connectivity index (χ4n) is 1.74. The van der Waals surface area contributed by atoms with Gasteiger partial charge < -0.3 is 0 Å². The van der Waals surface area contributed by atoms with Crippen LogP contribution in [0.25, 0.3) is 0 Å². The number of hydrogen-bond acceptors (Lipinski definition) is 2. The fraction of sp³-hybridized carbons (Fsp3) is 0.133. The van der Waals surface area contributed by atoms with Gasteiger partial charge in [0.15, 0.2) is 0 Å². The molecule has 0 aliphatic heterocycles. The second-order valence-electron chi connectivity index (χ2n) is 4.50. The van der Waals surface area contributed by atoms with E-state index in [0.717, 1.165) is 18.2 Å². The van der Waals surface area contributed by atoms with Gasteiger partial charge in [-0.2, -0.15) is 13.2 Å². The molecule has 0 aromatic heterocycles. The van der Waals surface area contributed by atoms with E-state index in [2.05, 4.69) is 5.48 Å². The van der Waals surface area contributed by atoms with Crippen molar-refractivity contribution in [1.29, 1.82) is 0 Å². The van der Waals surface area contributed by atoms with Gasteiger partial charge in [0.25, 0.3) is 5.91 Å². The molecule has 0 unspecified atom stereocenters. The molecule has 0 aliphatic rings. The number of carbonyl (C=O) groups excluding carboxylic acids is 1. The third-order valence-electron chi connectivity index (χ3n) is 2.90. The normalized spacial score (nSPS) is 11.3. The summed E-state index contributed by atoms with van der Waals surface area (Å²) in [7, 11) is 0. The average Bonchev–Trinajstić information content (AvgIpc) is 2.49. The van der Waals surface area contributed by atoms with E-state index in [4.69, 9.17) is 28.0 Å². The highest BCUT2D eigenvalue weighted by molar-refractivity contribution is 6.35. The van der Waals surface area contributed by atoms with Gasteiger partial charge in [0.05, 0.1) is 5.56 Å². The lowest BCUT2D eigenvalue weighted by molar-refractivity contribution is -0.137. The van der Waals surface area contributed by atoms with Crippen LogP contribution in [-0.2, 0) is 17.6 Å². The van der Waals surface area contributed by atoms with Crippen LogP contribution in [0.2, 0.25) is 10.0 Å². The van der Waals surface area contributed by atoms with Crippen LogP contribution < -0.4 is 5.48 Å². The van der Waals surface area contributed by atoms with Gasteiger partial charge in [-0.05, 0) is 30.3 Å². The van der Waals surface area contributed by atoms with E-state index in [1.165, 1.54) is 6.07 Å². The number of alkyl halides is 3. The van der Waals surface area contributed by atoms with E-state index in [9.17, 15) is 18.0 Å².